The summed E-state index contributed by atoms with van der Waals surface area (Å²) in [6.45, 7) is 8.41. The molecule has 0 aliphatic carbocycles. The highest BCUT2D eigenvalue weighted by Gasteiger charge is 2.13. The van der Waals surface area contributed by atoms with Crippen molar-refractivity contribution >= 4 is 23.9 Å². The predicted molar refractivity (Wildman–Crippen MR) is 130 cm³/mol. The summed E-state index contributed by atoms with van der Waals surface area (Å²) in [5.41, 5.74) is 10.7. The van der Waals surface area contributed by atoms with Crippen molar-refractivity contribution in [1.29, 1.82) is 0 Å². The van der Waals surface area contributed by atoms with Gasteiger partial charge in [0.05, 0.1) is 24.8 Å². The summed E-state index contributed by atoms with van der Waals surface area (Å²) in [6, 6.07) is 16.3. The standard InChI is InChI=1S/C25H29N3O2S/c1-17-7-6-8-18(2)25(17)28-19(3)13-22(20(28)4)14-26-27-24(29)16-31-15-21-9-11-23(30-5)12-10-21/h6-14H,15-16H2,1-5H3,(H,27,29)/b26-14+. The molecule has 0 aliphatic heterocycles. The minimum atomic E-state index is -0.113. The molecule has 1 N–H and O–H groups in total. The zero-order valence-corrected chi connectivity index (χ0v) is 19.5. The Labute approximate surface area is 188 Å². The minimum absolute atomic E-state index is 0.113. The summed E-state index contributed by atoms with van der Waals surface area (Å²) in [7, 11) is 1.65. The number of hydrogen-bond donors (Lipinski definition) is 1. The van der Waals surface area contributed by atoms with E-state index < -0.39 is 0 Å². The Morgan fingerprint density at radius 1 is 1.10 bits per heavy atom. The molecule has 0 saturated heterocycles. The summed E-state index contributed by atoms with van der Waals surface area (Å²) < 4.78 is 7.41. The van der Waals surface area contributed by atoms with Gasteiger partial charge in [-0.15, -0.1) is 11.8 Å². The molecular formula is C25H29N3O2S. The molecule has 1 amide bonds. The molecule has 31 heavy (non-hydrogen) atoms. The van der Waals surface area contributed by atoms with Gasteiger partial charge >= 0.3 is 0 Å². The number of nitrogens with zero attached hydrogens (tertiary/aromatic N) is 2. The van der Waals surface area contributed by atoms with E-state index in [0.717, 1.165) is 34.0 Å². The highest BCUT2D eigenvalue weighted by atomic mass is 32.2. The van der Waals surface area contributed by atoms with Gasteiger partial charge in [-0.05, 0) is 62.6 Å². The van der Waals surface area contributed by atoms with Crippen LogP contribution in [-0.4, -0.2) is 29.6 Å². The van der Waals surface area contributed by atoms with Gasteiger partial charge < -0.3 is 9.30 Å². The van der Waals surface area contributed by atoms with E-state index in [1.807, 2.05) is 24.3 Å². The number of carbonyl (C=O) groups is 1. The normalized spacial score (nSPS) is 11.1. The van der Waals surface area contributed by atoms with Crippen molar-refractivity contribution < 1.29 is 9.53 Å². The topological polar surface area (TPSA) is 55.6 Å². The van der Waals surface area contributed by atoms with Gasteiger partial charge in [-0.3, -0.25) is 4.79 Å². The Bertz CT molecular complexity index is 1060. The average molecular weight is 436 g/mol. The van der Waals surface area contributed by atoms with E-state index in [9.17, 15) is 4.79 Å². The number of aryl methyl sites for hydroxylation is 3. The number of aromatic nitrogens is 1. The van der Waals surface area contributed by atoms with Crippen LogP contribution in [0, 0.1) is 27.7 Å². The Hall–Kier alpha value is -2.99. The van der Waals surface area contributed by atoms with Crippen LogP contribution in [0.15, 0.2) is 53.6 Å². The molecule has 5 nitrogen and oxygen atoms in total. The number of amides is 1. The smallest absolute Gasteiger partial charge is 0.250 e. The first-order valence-electron chi connectivity index (χ1n) is 10.2. The van der Waals surface area contributed by atoms with Crippen LogP contribution in [0.25, 0.3) is 5.69 Å². The minimum Gasteiger partial charge on any atom is -0.497 e. The van der Waals surface area contributed by atoms with Gasteiger partial charge in [0.15, 0.2) is 0 Å². The molecule has 0 bridgehead atoms. The van der Waals surface area contributed by atoms with Crippen molar-refractivity contribution in [2.75, 3.05) is 12.9 Å². The maximum absolute atomic E-state index is 12.1. The monoisotopic (exact) mass is 435 g/mol. The van der Waals surface area contributed by atoms with Crippen LogP contribution in [0.3, 0.4) is 0 Å². The molecule has 0 unspecified atom stereocenters. The molecule has 0 fully saturated rings. The molecule has 0 spiro atoms. The van der Waals surface area contributed by atoms with E-state index in [1.54, 1.807) is 25.1 Å². The summed E-state index contributed by atoms with van der Waals surface area (Å²) in [5.74, 6) is 1.83. The lowest BCUT2D eigenvalue weighted by molar-refractivity contribution is -0.118. The number of benzene rings is 2. The number of ether oxygens (including phenoxy) is 1. The Morgan fingerprint density at radius 2 is 1.77 bits per heavy atom. The Kier molecular flexibility index (Phi) is 7.58. The van der Waals surface area contributed by atoms with Crippen LogP contribution in [-0.2, 0) is 10.5 Å². The maximum Gasteiger partial charge on any atom is 0.250 e. The molecule has 6 heteroatoms. The molecule has 1 heterocycles. The van der Waals surface area contributed by atoms with Gasteiger partial charge in [0.25, 0.3) is 0 Å². The SMILES string of the molecule is COc1ccc(CSCC(=O)N/N=C/c2cc(C)n(-c3c(C)cccc3C)c2C)cc1. The number of hydrogen-bond acceptors (Lipinski definition) is 4. The number of methoxy groups -OCH3 is 1. The molecule has 1 aromatic heterocycles. The number of rotatable bonds is 8. The van der Waals surface area contributed by atoms with E-state index in [1.165, 1.54) is 16.8 Å². The fourth-order valence-electron chi connectivity index (χ4n) is 3.61. The van der Waals surface area contributed by atoms with E-state index in [-0.39, 0.29) is 5.91 Å². The number of hydrazone groups is 1. The van der Waals surface area contributed by atoms with Crippen LogP contribution < -0.4 is 10.2 Å². The molecule has 3 rings (SSSR count). The van der Waals surface area contributed by atoms with Crippen LogP contribution >= 0.6 is 11.8 Å². The lowest BCUT2D eigenvalue weighted by Gasteiger charge is -2.15. The fraction of sp³-hybridized carbons (Fsp3) is 0.280. The first-order chi connectivity index (χ1) is 14.9. The Balaban J connectivity index is 1.58. The molecule has 0 aliphatic rings. The molecule has 2 aromatic carbocycles. The van der Waals surface area contributed by atoms with Crippen LogP contribution in [0.5, 0.6) is 5.75 Å². The predicted octanol–water partition coefficient (Wildman–Crippen LogP) is 5.10. The van der Waals surface area contributed by atoms with Gasteiger partial charge in [0.1, 0.15) is 5.75 Å². The van der Waals surface area contributed by atoms with Crippen LogP contribution in [0.4, 0.5) is 0 Å². The highest BCUT2D eigenvalue weighted by Crippen LogP contribution is 2.25. The molecule has 0 radical (unpaired) electrons. The second-order valence-electron chi connectivity index (χ2n) is 7.54. The largest absolute Gasteiger partial charge is 0.497 e. The lowest BCUT2D eigenvalue weighted by Crippen LogP contribution is -2.19. The maximum atomic E-state index is 12.1. The fourth-order valence-corrected chi connectivity index (χ4v) is 4.39. The average Bonchev–Trinajstić information content (AvgIpc) is 3.02. The summed E-state index contributed by atoms with van der Waals surface area (Å²) in [5, 5.41) is 4.18. The van der Waals surface area contributed by atoms with Gasteiger partial charge in [-0.1, -0.05) is 30.3 Å². The third-order valence-electron chi connectivity index (χ3n) is 5.19. The Morgan fingerprint density at radius 3 is 2.42 bits per heavy atom. The van der Waals surface area contributed by atoms with Gasteiger partial charge in [0.2, 0.25) is 5.91 Å². The third-order valence-corrected chi connectivity index (χ3v) is 6.19. The number of thioether (sulfide) groups is 1. The zero-order valence-electron chi connectivity index (χ0n) is 18.7. The number of para-hydroxylation sites is 1. The number of nitrogens with one attached hydrogen (secondary N) is 1. The van der Waals surface area contributed by atoms with Crippen molar-refractivity contribution in [1.82, 2.24) is 9.99 Å². The lowest BCUT2D eigenvalue weighted by atomic mass is 10.1. The molecule has 0 atom stereocenters. The van der Waals surface area contributed by atoms with Crippen molar-refractivity contribution in [2.45, 2.75) is 33.4 Å². The second kappa shape index (κ2) is 10.4. The van der Waals surface area contributed by atoms with Crippen molar-refractivity contribution in [3.63, 3.8) is 0 Å². The van der Waals surface area contributed by atoms with Gasteiger partial charge in [-0.2, -0.15) is 5.10 Å². The van der Waals surface area contributed by atoms with Gasteiger partial charge in [-0.25, -0.2) is 5.43 Å². The summed E-state index contributed by atoms with van der Waals surface area (Å²) in [6.07, 6.45) is 1.72. The van der Waals surface area contributed by atoms with Crippen LogP contribution in [0.1, 0.15) is 33.6 Å². The molecule has 162 valence electrons. The van der Waals surface area contributed by atoms with Crippen molar-refractivity contribution in [3.05, 3.63) is 82.2 Å². The van der Waals surface area contributed by atoms with Crippen LogP contribution in [0.2, 0.25) is 0 Å². The van der Waals surface area contributed by atoms with E-state index in [2.05, 4.69) is 67.1 Å². The summed E-state index contributed by atoms with van der Waals surface area (Å²) >= 11 is 1.55. The van der Waals surface area contributed by atoms with E-state index in [4.69, 9.17) is 4.74 Å². The number of carbonyl (C=O) groups excluding carboxylic acids is 1. The summed E-state index contributed by atoms with van der Waals surface area (Å²) in [4.78, 5) is 12.1. The van der Waals surface area contributed by atoms with E-state index in [0.29, 0.717) is 5.75 Å². The van der Waals surface area contributed by atoms with Gasteiger partial charge in [0, 0.05) is 22.7 Å². The zero-order chi connectivity index (χ0) is 22.4. The highest BCUT2D eigenvalue weighted by molar-refractivity contribution is 7.99. The molecule has 0 saturated carbocycles. The first kappa shape index (κ1) is 22.7. The molecule has 3 aromatic rings. The van der Waals surface area contributed by atoms with Crippen molar-refractivity contribution in [3.8, 4) is 11.4 Å². The quantitative estimate of drug-likeness (QED) is 0.395. The van der Waals surface area contributed by atoms with Crippen molar-refractivity contribution in [2.24, 2.45) is 5.10 Å². The first-order valence-corrected chi connectivity index (χ1v) is 11.3. The molecular weight excluding hydrogens is 406 g/mol. The third kappa shape index (κ3) is 5.58. The van der Waals surface area contributed by atoms with E-state index >= 15 is 0 Å². The second-order valence-corrected chi connectivity index (χ2v) is 8.52.